The van der Waals surface area contributed by atoms with Crippen LogP contribution in [0.2, 0.25) is 0 Å². The zero-order valence-corrected chi connectivity index (χ0v) is 11.1. The number of oxime groups is 1. The van der Waals surface area contributed by atoms with Crippen LogP contribution in [0.5, 0.6) is 0 Å². The number of nitrogens with zero attached hydrogens (tertiary/aromatic N) is 2. The first-order chi connectivity index (χ1) is 8.81. The molecule has 18 heavy (non-hydrogen) atoms. The highest BCUT2D eigenvalue weighted by Gasteiger charge is 2.17. The fraction of sp³-hybridized carbons (Fsp3) is 0.500. The minimum Gasteiger partial charge on any atom is -0.394 e. The van der Waals surface area contributed by atoms with Gasteiger partial charge in [-0.25, -0.2) is 0 Å². The third-order valence-corrected chi connectivity index (χ3v) is 2.90. The Hall–Kier alpha value is -1.55. The molecular weight excluding hydrogens is 228 g/mol. The molecule has 0 aliphatic carbocycles. The van der Waals surface area contributed by atoms with Crippen molar-refractivity contribution in [2.45, 2.75) is 13.8 Å². The van der Waals surface area contributed by atoms with Crippen molar-refractivity contribution in [3.8, 4) is 0 Å². The van der Waals surface area contributed by atoms with E-state index in [2.05, 4.69) is 41.2 Å². The normalized spacial score (nSPS) is 16.8. The third kappa shape index (κ3) is 3.23. The summed E-state index contributed by atoms with van der Waals surface area (Å²) in [6.07, 6.45) is 0. The lowest BCUT2D eigenvalue weighted by molar-refractivity contribution is 0.0647. The van der Waals surface area contributed by atoms with E-state index in [0.29, 0.717) is 6.61 Å². The molecule has 2 rings (SSSR count). The molecule has 0 bridgehead atoms. The second-order valence-corrected chi connectivity index (χ2v) is 4.30. The fourth-order valence-corrected chi connectivity index (χ4v) is 1.90. The van der Waals surface area contributed by atoms with Crippen LogP contribution in [-0.2, 0) is 9.57 Å². The van der Waals surface area contributed by atoms with Gasteiger partial charge < -0.3 is 14.5 Å². The summed E-state index contributed by atoms with van der Waals surface area (Å²) in [5.74, 6) is 0.903. The Morgan fingerprint density at radius 1 is 1.28 bits per heavy atom. The van der Waals surface area contributed by atoms with Crippen LogP contribution in [0.15, 0.2) is 29.4 Å². The van der Waals surface area contributed by atoms with Crippen LogP contribution in [0.1, 0.15) is 18.1 Å². The highest BCUT2D eigenvalue weighted by molar-refractivity contribution is 5.98. The number of hydrogen-bond donors (Lipinski definition) is 0. The summed E-state index contributed by atoms with van der Waals surface area (Å²) in [7, 11) is 0. The van der Waals surface area contributed by atoms with Gasteiger partial charge in [-0.1, -0.05) is 35.0 Å². The average Bonchev–Trinajstić information content (AvgIpc) is 2.42. The van der Waals surface area contributed by atoms with Crippen molar-refractivity contribution < 1.29 is 9.57 Å². The van der Waals surface area contributed by atoms with Gasteiger partial charge in [-0.3, -0.25) is 0 Å². The molecule has 0 spiro atoms. The van der Waals surface area contributed by atoms with E-state index >= 15 is 0 Å². The van der Waals surface area contributed by atoms with Crippen molar-refractivity contribution in [2.75, 3.05) is 32.9 Å². The lowest BCUT2D eigenvalue weighted by atomic mass is 10.1. The first-order valence-electron chi connectivity index (χ1n) is 6.41. The van der Waals surface area contributed by atoms with Gasteiger partial charge in [0.15, 0.2) is 5.84 Å². The second-order valence-electron chi connectivity index (χ2n) is 4.30. The Balaban J connectivity index is 2.21. The van der Waals surface area contributed by atoms with E-state index < -0.39 is 0 Å². The van der Waals surface area contributed by atoms with Crippen LogP contribution in [0.4, 0.5) is 0 Å². The van der Waals surface area contributed by atoms with Gasteiger partial charge in [0.2, 0.25) is 0 Å². The van der Waals surface area contributed by atoms with Crippen LogP contribution in [-0.4, -0.2) is 43.6 Å². The topological polar surface area (TPSA) is 34.1 Å². The Morgan fingerprint density at radius 3 is 2.56 bits per heavy atom. The van der Waals surface area contributed by atoms with Gasteiger partial charge in [0.25, 0.3) is 0 Å². The van der Waals surface area contributed by atoms with Crippen LogP contribution >= 0.6 is 0 Å². The number of amidine groups is 1. The molecule has 0 amide bonds. The predicted octanol–water partition coefficient (Wildman–Crippen LogP) is 2.03. The van der Waals surface area contributed by atoms with Gasteiger partial charge in [-0.2, -0.15) is 0 Å². The van der Waals surface area contributed by atoms with E-state index in [1.807, 2.05) is 6.92 Å². The van der Waals surface area contributed by atoms with Crippen molar-refractivity contribution in [2.24, 2.45) is 5.16 Å². The second kappa shape index (κ2) is 6.40. The first kappa shape index (κ1) is 12.9. The summed E-state index contributed by atoms with van der Waals surface area (Å²) in [6.45, 7) is 7.82. The Morgan fingerprint density at radius 2 is 1.94 bits per heavy atom. The van der Waals surface area contributed by atoms with Crippen LogP contribution in [0.25, 0.3) is 0 Å². The molecule has 98 valence electrons. The SMILES string of the molecule is CCO/N=C(\c1ccc(C)cc1)N1CCOCC1. The molecule has 0 radical (unpaired) electrons. The maximum Gasteiger partial charge on any atom is 0.175 e. The van der Waals surface area contributed by atoms with Gasteiger partial charge in [0.1, 0.15) is 6.61 Å². The summed E-state index contributed by atoms with van der Waals surface area (Å²) in [6, 6.07) is 8.36. The lowest BCUT2D eigenvalue weighted by Crippen LogP contribution is -2.41. The summed E-state index contributed by atoms with van der Waals surface area (Å²) >= 11 is 0. The minimum atomic E-state index is 0.583. The molecule has 0 atom stereocenters. The van der Waals surface area contributed by atoms with Crippen molar-refractivity contribution in [3.63, 3.8) is 0 Å². The molecule has 1 fully saturated rings. The summed E-state index contributed by atoms with van der Waals surface area (Å²) in [4.78, 5) is 7.45. The van der Waals surface area contributed by atoms with E-state index in [1.165, 1.54) is 5.56 Å². The summed E-state index contributed by atoms with van der Waals surface area (Å²) in [5.41, 5.74) is 2.34. The van der Waals surface area contributed by atoms with Gasteiger partial charge in [0, 0.05) is 18.7 Å². The van der Waals surface area contributed by atoms with E-state index in [-0.39, 0.29) is 0 Å². The number of hydrogen-bond acceptors (Lipinski definition) is 3. The van der Waals surface area contributed by atoms with E-state index in [4.69, 9.17) is 9.57 Å². The van der Waals surface area contributed by atoms with Crippen molar-refractivity contribution >= 4 is 5.84 Å². The molecule has 0 N–H and O–H groups in total. The van der Waals surface area contributed by atoms with Crippen molar-refractivity contribution in [3.05, 3.63) is 35.4 Å². The standard InChI is InChI=1S/C14H20N2O2/c1-3-18-15-14(16-8-10-17-11-9-16)13-6-4-12(2)5-7-13/h4-7H,3,8-11H2,1-2H3/b15-14+. The predicted molar refractivity (Wildman–Crippen MR) is 71.7 cm³/mol. The quantitative estimate of drug-likeness (QED) is 0.466. The van der Waals surface area contributed by atoms with Crippen LogP contribution in [0.3, 0.4) is 0 Å². The molecule has 1 heterocycles. The number of aryl methyl sites for hydroxylation is 1. The van der Waals surface area contributed by atoms with Crippen LogP contribution < -0.4 is 0 Å². The van der Waals surface area contributed by atoms with Gasteiger partial charge in [0.05, 0.1) is 13.2 Å². The van der Waals surface area contributed by atoms with Gasteiger partial charge >= 0.3 is 0 Å². The number of rotatable bonds is 3. The molecule has 1 aromatic carbocycles. The summed E-state index contributed by atoms with van der Waals surface area (Å²) < 4.78 is 5.37. The number of morpholine rings is 1. The maximum absolute atomic E-state index is 5.37. The number of benzene rings is 1. The van der Waals surface area contributed by atoms with E-state index in [0.717, 1.165) is 37.7 Å². The molecule has 0 saturated carbocycles. The fourth-order valence-electron chi connectivity index (χ4n) is 1.90. The molecule has 1 aromatic rings. The molecule has 1 aliphatic rings. The third-order valence-electron chi connectivity index (χ3n) is 2.90. The Labute approximate surface area is 108 Å². The highest BCUT2D eigenvalue weighted by atomic mass is 16.6. The molecule has 1 saturated heterocycles. The molecule has 4 heteroatoms. The van der Waals surface area contributed by atoms with Crippen molar-refractivity contribution in [1.29, 1.82) is 0 Å². The van der Waals surface area contributed by atoms with Crippen molar-refractivity contribution in [1.82, 2.24) is 4.90 Å². The van der Waals surface area contributed by atoms with Crippen LogP contribution in [0, 0.1) is 6.92 Å². The lowest BCUT2D eigenvalue weighted by Gasteiger charge is -2.29. The van der Waals surface area contributed by atoms with Gasteiger partial charge in [-0.05, 0) is 13.8 Å². The largest absolute Gasteiger partial charge is 0.394 e. The molecule has 0 unspecified atom stereocenters. The molecular formula is C14H20N2O2. The maximum atomic E-state index is 5.37. The van der Waals surface area contributed by atoms with Gasteiger partial charge in [-0.15, -0.1) is 0 Å². The Kier molecular flexibility index (Phi) is 4.59. The Bertz CT molecular complexity index is 395. The molecule has 4 nitrogen and oxygen atoms in total. The highest BCUT2D eigenvalue weighted by Crippen LogP contribution is 2.10. The van der Waals surface area contributed by atoms with E-state index in [1.54, 1.807) is 0 Å². The average molecular weight is 248 g/mol. The molecule has 0 aromatic heterocycles. The summed E-state index contributed by atoms with van der Waals surface area (Å²) in [5, 5.41) is 4.25. The molecule has 1 aliphatic heterocycles. The minimum absolute atomic E-state index is 0.583. The first-order valence-corrected chi connectivity index (χ1v) is 6.41. The monoisotopic (exact) mass is 248 g/mol. The zero-order valence-electron chi connectivity index (χ0n) is 11.1. The zero-order chi connectivity index (χ0) is 12.8. The smallest absolute Gasteiger partial charge is 0.175 e. The number of ether oxygens (including phenoxy) is 1. The van der Waals surface area contributed by atoms with E-state index in [9.17, 15) is 0 Å².